The Morgan fingerprint density at radius 2 is 2.24 bits per heavy atom. The predicted molar refractivity (Wildman–Crippen MR) is 94.3 cm³/mol. The summed E-state index contributed by atoms with van der Waals surface area (Å²) in [4.78, 5) is 18.1. The number of amides is 1. The summed E-state index contributed by atoms with van der Waals surface area (Å²) in [7, 11) is 0. The summed E-state index contributed by atoms with van der Waals surface area (Å²) in [5.74, 6) is -0.217. The number of carbonyl (C=O) groups is 1. The van der Waals surface area contributed by atoms with Crippen molar-refractivity contribution in [1.82, 2.24) is 9.80 Å². The van der Waals surface area contributed by atoms with Crippen molar-refractivity contribution < 1.29 is 14.3 Å². The second-order valence-electron chi connectivity index (χ2n) is 6.88. The summed E-state index contributed by atoms with van der Waals surface area (Å²) in [6.45, 7) is 6.26. The molecule has 0 atom stereocenters. The van der Waals surface area contributed by atoms with E-state index in [9.17, 15) is 10.0 Å². The van der Waals surface area contributed by atoms with Crippen LogP contribution in [0.1, 0.15) is 20.9 Å². The largest absolute Gasteiger partial charge is 0.618 e. The highest BCUT2D eigenvalue weighted by atomic mass is 32.1. The maximum atomic E-state index is 12.7. The van der Waals surface area contributed by atoms with Crippen LogP contribution in [0.4, 0.5) is 0 Å². The lowest BCUT2D eigenvalue weighted by Crippen LogP contribution is -2.70. The lowest BCUT2D eigenvalue weighted by atomic mass is 9.91. The number of hydrogen-bond donors (Lipinski definition) is 0. The van der Waals surface area contributed by atoms with Crippen molar-refractivity contribution in [1.29, 1.82) is 0 Å². The van der Waals surface area contributed by atoms with Crippen molar-refractivity contribution in [3.8, 4) is 0 Å². The third kappa shape index (κ3) is 3.27. The van der Waals surface area contributed by atoms with Gasteiger partial charge in [-0.1, -0.05) is 0 Å². The van der Waals surface area contributed by atoms with Gasteiger partial charge in [-0.2, -0.15) is 4.73 Å². The van der Waals surface area contributed by atoms with Crippen molar-refractivity contribution in [2.75, 3.05) is 32.8 Å². The molecule has 0 aliphatic carbocycles. The Hall–Kier alpha value is -1.96. The zero-order chi connectivity index (χ0) is 17.4. The molecule has 2 aliphatic rings. The molecule has 0 radical (unpaired) electrons. The summed E-state index contributed by atoms with van der Waals surface area (Å²) >= 11 is 1.77. The molecule has 132 valence electrons. The summed E-state index contributed by atoms with van der Waals surface area (Å²) in [6, 6.07) is 7.13. The molecule has 25 heavy (non-hydrogen) atoms. The first kappa shape index (κ1) is 16.5. The number of ether oxygens (including phenoxy) is 1. The fourth-order valence-corrected chi connectivity index (χ4v) is 4.38. The maximum absolute atomic E-state index is 12.7. The van der Waals surface area contributed by atoms with Gasteiger partial charge in [-0.25, -0.2) is 0 Å². The van der Waals surface area contributed by atoms with Crippen LogP contribution in [-0.4, -0.2) is 54.1 Å². The molecule has 2 aromatic rings. The first-order valence-electron chi connectivity index (χ1n) is 8.42. The third-order valence-corrected chi connectivity index (χ3v) is 5.70. The van der Waals surface area contributed by atoms with Crippen LogP contribution in [0.25, 0.3) is 0 Å². The number of thiophene rings is 1. The second-order valence-corrected chi connectivity index (χ2v) is 8.00. The van der Waals surface area contributed by atoms with Crippen LogP contribution in [0.2, 0.25) is 0 Å². The highest BCUT2D eigenvalue weighted by Gasteiger charge is 2.48. The van der Waals surface area contributed by atoms with Gasteiger partial charge >= 0.3 is 5.91 Å². The van der Waals surface area contributed by atoms with E-state index in [0.717, 1.165) is 19.6 Å². The molecule has 0 aromatic carbocycles. The quantitative estimate of drug-likeness (QED) is 0.614. The third-order valence-electron chi connectivity index (χ3n) is 4.79. The molecule has 2 aliphatic heterocycles. The zero-order valence-electron chi connectivity index (χ0n) is 14.2. The highest BCUT2D eigenvalue weighted by molar-refractivity contribution is 7.10. The van der Waals surface area contributed by atoms with Gasteiger partial charge in [0.05, 0.1) is 13.2 Å². The van der Waals surface area contributed by atoms with E-state index in [1.54, 1.807) is 34.4 Å². The second kappa shape index (κ2) is 6.40. The topological polar surface area (TPSA) is 59.7 Å². The molecule has 2 aromatic heterocycles. The lowest BCUT2D eigenvalue weighted by Gasteiger charge is -2.53. The Labute approximate surface area is 150 Å². The molecule has 4 heterocycles. The monoisotopic (exact) mass is 359 g/mol. The van der Waals surface area contributed by atoms with Crippen LogP contribution in [0, 0.1) is 12.1 Å². The Morgan fingerprint density at radius 1 is 1.40 bits per heavy atom. The number of aromatic nitrogens is 1. The van der Waals surface area contributed by atoms with E-state index in [2.05, 4.69) is 23.3 Å². The number of nitrogens with zero attached hydrogens (tertiary/aromatic N) is 3. The maximum Gasteiger partial charge on any atom is 0.320 e. The first-order chi connectivity index (χ1) is 12.0. The summed E-state index contributed by atoms with van der Waals surface area (Å²) < 4.78 is 6.64. The fourth-order valence-electron chi connectivity index (χ4n) is 3.68. The average molecular weight is 359 g/mol. The smallest absolute Gasteiger partial charge is 0.320 e. The molecule has 0 bridgehead atoms. The first-order valence-corrected chi connectivity index (χ1v) is 9.30. The minimum atomic E-state index is -0.290. The zero-order valence-corrected chi connectivity index (χ0v) is 15.0. The van der Waals surface area contributed by atoms with Crippen molar-refractivity contribution >= 4 is 17.2 Å². The molecule has 6 nitrogen and oxygen atoms in total. The molecule has 0 unspecified atom stereocenters. The normalized spacial score (nSPS) is 19.8. The van der Waals surface area contributed by atoms with E-state index in [1.165, 1.54) is 16.6 Å². The van der Waals surface area contributed by atoms with E-state index in [0.29, 0.717) is 24.4 Å². The number of aryl methyl sites for hydroxylation is 1. The fraction of sp³-hybridized carbons (Fsp3) is 0.444. The summed E-state index contributed by atoms with van der Waals surface area (Å²) in [6.07, 6.45) is 1.36. The molecule has 0 saturated carbocycles. The minimum absolute atomic E-state index is 0.171. The van der Waals surface area contributed by atoms with Gasteiger partial charge in [-0.3, -0.25) is 9.69 Å². The highest BCUT2D eigenvalue weighted by Crippen LogP contribution is 2.31. The van der Waals surface area contributed by atoms with Gasteiger partial charge in [-0.15, -0.1) is 11.3 Å². The van der Waals surface area contributed by atoms with E-state index in [1.807, 2.05) is 0 Å². The van der Waals surface area contributed by atoms with Gasteiger partial charge in [0.15, 0.2) is 6.20 Å². The van der Waals surface area contributed by atoms with Gasteiger partial charge in [0, 0.05) is 43.2 Å². The van der Waals surface area contributed by atoms with Gasteiger partial charge < -0.3 is 14.8 Å². The molecule has 2 saturated heterocycles. The van der Waals surface area contributed by atoms with E-state index >= 15 is 0 Å². The van der Waals surface area contributed by atoms with Gasteiger partial charge in [0.1, 0.15) is 5.60 Å². The summed E-state index contributed by atoms with van der Waals surface area (Å²) in [5.41, 5.74) is 1.21. The SMILES string of the molecule is Cc1cc(CN2CC3(C2)CN(C(=O)c2cccc[n+]2[O-])CCO3)cs1. The van der Waals surface area contributed by atoms with Crippen LogP contribution in [0.15, 0.2) is 35.8 Å². The molecular formula is C18H21N3O3S. The number of rotatable bonds is 3. The van der Waals surface area contributed by atoms with Crippen LogP contribution in [-0.2, 0) is 11.3 Å². The average Bonchev–Trinajstić information content (AvgIpc) is 2.99. The number of carbonyl (C=O) groups excluding carboxylic acids is 1. The van der Waals surface area contributed by atoms with Crippen molar-refractivity contribution in [3.05, 3.63) is 57.2 Å². The van der Waals surface area contributed by atoms with Crippen LogP contribution < -0.4 is 4.73 Å². The Kier molecular flexibility index (Phi) is 4.23. The molecule has 1 amide bonds. The van der Waals surface area contributed by atoms with Crippen molar-refractivity contribution in [3.63, 3.8) is 0 Å². The molecular weight excluding hydrogens is 338 g/mol. The lowest BCUT2D eigenvalue weighted by molar-refractivity contribution is -0.608. The number of morpholine rings is 1. The standard InChI is InChI=1S/C18H21N3O3S/c1-14-8-15(10-25-14)9-19-11-18(12-19)13-20(6-7-24-18)17(22)16-4-2-3-5-21(16)23/h2-5,8,10H,6-7,9,11-13H2,1H3. The minimum Gasteiger partial charge on any atom is -0.618 e. The van der Waals surface area contributed by atoms with E-state index in [-0.39, 0.29) is 17.2 Å². The van der Waals surface area contributed by atoms with E-state index in [4.69, 9.17) is 4.74 Å². The van der Waals surface area contributed by atoms with Crippen molar-refractivity contribution in [2.45, 2.75) is 19.1 Å². The Bertz CT molecular complexity index is 785. The molecule has 7 heteroatoms. The Morgan fingerprint density at radius 3 is 2.96 bits per heavy atom. The summed E-state index contributed by atoms with van der Waals surface area (Å²) in [5, 5.41) is 14.0. The molecule has 0 N–H and O–H groups in total. The van der Waals surface area contributed by atoms with Gasteiger partial charge in [0.2, 0.25) is 0 Å². The molecule has 4 rings (SSSR count). The Balaban J connectivity index is 1.39. The number of hydrogen-bond acceptors (Lipinski definition) is 5. The van der Waals surface area contributed by atoms with Crippen LogP contribution in [0.5, 0.6) is 0 Å². The molecule has 2 fully saturated rings. The van der Waals surface area contributed by atoms with Crippen molar-refractivity contribution in [2.24, 2.45) is 0 Å². The number of likely N-dealkylation sites (tertiary alicyclic amines) is 1. The van der Waals surface area contributed by atoms with Crippen LogP contribution >= 0.6 is 11.3 Å². The van der Waals surface area contributed by atoms with E-state index < -0.39 is 0 Å². The molecule has 1 spiro atoms. The number of pyridine rings is 1. The van der Waals surface area contributed by atoms with Gasteiger partial charge in [0.25, 0.3) is 5.69 Å². The predicted octanol–water partition coefficient (Wildman–Crippen LogP) is 1.42. The van der Waals surface area contributed by atoms with Crippen LogP contribution in [0.3, 0.4) is 0 Å². The van der Waals surface area contributed by atoms with Gasteiger partial charge in [-0.05, 0) is 30.0 Å².